The number of nitrogens with one attached hydrogen (secondary N) is 1. The predicted molar refractivity (Wildman–Crippen MR) is 108 cm³/mol. The van der Waals surface area contributed by atoms with Gasteiger partial charge in [0.2, 0.25) is 0 Å². The van der Waals surface area contributed by atoms with Crippen molar-refractivity contribution in [3.05, 3.63) is 18.2 Å². The van der Waals surface area contributed by atoms with Gasteiger partial charge in [0.15, 0.2) is 5.71 Å². The first-order valence-corrected chi connectivity index (χ1v) is 8.80. The first-order valence-electron chi connectivity index (χ1n) is 8.80. The third kappa shape index (κ3) is 4.01. The molecule has 2 rings (SSSR count). The minimum atomic E-state index is -0.638. The van der Waals surface area contributed by atoms with Crippen molar-refractivity contribution >= 4 is 40.4 Å². The normalized spacial score (nSPS) is 15.6. The van der Waals surface area contributed by atoms with E-state index in [0.29, 0.717) is 22.9 Å². The molecule has 0 aromatic heterocycles. The quantitative estimate of drug-likeness (QED) is 0.678. The maximum absolute atomic E-state index is 11.4. The number of primary amides is 1. The van der Waals surface area contributed by atoms with Gasteiger partial charge < -0.3 is 16.0 Å². The molecule has 2 amide bonds. The van der Waals surface area contributed by atoms with Crippen LogP contribution in [0, 0.1) is 0 Å². The van der Waals surface area contributed by atoms with Crippen molar-refractivity contribution in [2.24, 2.45) is 21.6 Å². The maximum atomic E-state index is 11.4. The van der Waals surface area contributed by atoms with Crippen molar-refractivity contribution < 1.29 is 9.48 Å². The Labute approximate surface area is 154 Å². The van der Waals surface area contributed by atoms with Crippen LogP contribution in [0.4, 0.5) is 21.9 Å². The molecule has 0 fully saturated rings. The molecule has 0 aliphatic carbocycles. The van der Waals surface area contributed by atoms with Crippen molar-refractivity contribution in [3.8, 4) is 0 Å². The lowest BCUT2D eigenvalue weighted by molar-refractivity contribution is -0.561. The van der Waals surface area contributed by atoms with E-state index in [0.717, 1.165) is 24.5 Å². The van der Waals surface area contributed by atoms with Gasteiger partial charge >= 0.3 is 11.9 Å². The zero-order valence-corrected chi connectivity index (χ0v) is 16.1. The standard InChI is InChI=1S/C18H27N7O/c1-6-24(7-2)13-8-9-14(15(10-13)22-18(20)26)21-16-12(5)23-25(11(3)4)17(16)19/h8-11H,6-7H2,1-5H3,(H4,19,20,22,23,26)/p+1. The van der Waals surface area contributed by atoms with Crippen molar-refractivity contribution in [2.45, 2.75) is 40.7 Å². The number of aliphatic imine (C=N–C) groups is 1. The summed E-state index contributed by atoms with van der Waals surface area (Å²) in [5.41, 5.74) is 15.0. The van der Waals surface area contributed by atoms with Gasteiger partial charge in [-0.25, -0.2) is 9.79 Å². The third-order valence-corrected chi connectivity index (χ3v) is 4.18. The highest BCUT2D eigenvalue weighted by atomic mass is 16.2. The average molecular weight is 358 g/mol. The molecule has 5 N–H and O–H groups in total. The number of urea groups is 1. The van der Waals surface area contributed by atoms with Crippen molar-refractivity contribution in [2.75, 3.05) is 23.3 Å². The molecule has 0 saturated heterocycles. The second-order valence-corrected chi connectivity index (χ2v) is 6.33. The molecule has 1 aliphatic rings. The van der Waals surface area contributed by atoms with E-state index in [-0.39, 0.29) is 6.04 Å². The van der Waals surface area contributed by atoms with Gasteiger partial charge in [-0.05, 0) is 52.8 Å². The Morgan fingerprint density at radius 2 is 2.00 bits per heavy atom. The molecule has 0 bridgehead atoms. The Morgan fingerprint density at radius 3 is 2.50 bits per heavy atom. The van der Waals surface area contributed by atoms with Crippen molar-refractivity contribution in [1.29, 1.82) is 0 Å². The van der Waals surface area contributed by atoms with Crippen molar-refractivity contribution in [1.82, 2.24) is 0 Å². The van der Waals surface area contributed by atoms with Crippen LogP contribution in [0.5, 0.6) is 0 Å². The summed E-state index contributed by atoms with van der Waals surface area (Å²) in [4.78, 5) is 18.3. The number of hydrazone groups is 1. The van der Waals surface area contributed by atoms with E-state index in [1.54, 1.807) is 4.68 Å². The number of carbonyl (C=O) groups is 1. The molecule has 0 saturated carbocycles. The van der Waals surface area contributed by atoms with Gasteiger partial charge in [0.1, 0.15) is 11.8 Å². The SMILES string of the molecule is CCN(CC)c1ccc(N=C2C(C)=N[N+](C(C)C)=C2N)c(NC(N)=O)c1. The van der Waals surface area contributed by atoms with E-state index < -0.39 is 6.03 Å². The van der Waals surface area contributed by atoms with E-state index in [1.165, 1.54) is 0 Å². The molecule has 1 heterocycles. The number of anilines is 2. The van der Waals surface area contributed by atoms with Crippen LogP contribution in [-0.2, 0) is 0 Å². The van der Waals surface area contributed by atoms with Crippen LogP contribution < -0.4 is 21.7 Å². The molecule has 0 radical (unpaired) electrons. The lowest BCUT2D eigenvalue weighted by Crippen LogP contribution is -2.33. The van der Waals surface area contributed by atoms with Crippen LogP contribution in [-0.4, -0.2) is 47.1 Å². The molecule has 26 heavy (non-hydrogen) atoms. The zero-order chi connectivity index (χ0) is 19.4. The third-order valence-electron chi connectivity index (χ3n) is 4.18. The first-order chi connectivity index (χ1) is 12.3. The van der Waals surface area contributed by atoms with Gasteiger partial charge in [-0.2, -0.15) is 0 Å². The summed E-state index contributed by atoms with van der Waals surface area (Å²) in [7, 11) is 0. The van der Waals surface area contributed by atoms with Crippen LogP contribution in [0.15, 0.2) is 28.3 Å². The number of hydrogen-bond donors (Lipinski definition) is 3. The number of nitrogens with zero attached hydrogens (tertiary/aromatic N) is 4. The van der Waals surface area contributed by atoms with E-state index in [2.05, 4.69) is 34.2 Å². The zero-order valence-electron chi connectivity index (χ0n) is 16.1. The molecular formula is C18H28N7O+. The van der Waals surface area contributed by atoms with Crippen LogP contribution in [0.1, 0.15) is 34.6 Å². The molecule has 8 heteroatoms. The number of hydrogen-bond acceptors (Lipinski definition) is 5. The Balaban J connectivity index is 2.52. The molecule has 0 spiro atoms. The number of carbonyl (C=O) groups excluding carboxylic acids is 1. The molecule has 140 valence electrons. The summed E-state index contributed by atoms with van der Waals surface area (Å²) in [5.74, 6) is 0.496. The monoisotopic (exact) mass is 358 g/mol. The highest BCUT2D eigenvalue weighted by Crippen LogP contribution is 2.30. The Morgan fingerprint density at radius 1 is 1.35 bits per heavy atom. The molecule has 1 aromatic carbocycles. The number of amides is 2. The van der Waals surface area contributed by atoms with Gasteiger partial charge in [0.25, 0.3) is 0 Å². The topological polar surface area (TPSA) is 112 Å². The molecule has 1 aromatic rings. The summed E-state index contributed by atoms with van der Waals surface area (Å²) in [6, 6.07) is 5.18. The average Bonchev–Trinajstić information content (AvgIpc) is 2.85. The summed E-state index contributed by atoms with van der Waals surface area (Å²) in [6.07, 6.45) is 0. The summed E-state index contributed by atoms with van der Waals surface area (Å²) < 4.78 is 1.74. The molecule has 1 aliphatic heterocycles. The summed E-state index contributed by atoms with van der Waals surface area (Å²) in [5, 5.41) is 7.10. The highest BCUT2D eigenvalue weighted by molar-refractivity contribution is 6.67. The summed E-state index contributed by atoms with van der Waals surface area (Å²) >= 11 is 0. The second-order valence-electron chi connectivity index (χ2n) is 6.33. The van der Waals surface area contributed by atoms with Gasteiger partial charge in [-0.15, -0.1) is 4.68 Å². The molecule has 0 unspecified atom stereocenters. The lowest BCUT2D eigenvalue weighted by atomic mass is 10.2. The second kappa shape index (κ2) is 7.99. The smallest absolute Gasteiger partial charge is 0.321 e. The largest absolute Gasteiger partial charge is 0.372 e. The van der Waals surface area contributed by atoms with E-state index >= 15 is 0 Å². The fourth-order valence-corrected chi connectivity index (χ4v) is 2.85. The number of benzene rings is 1. The van der Waals surface area contributed by atoms with E-state index in [1.807, 2.05) is 39.0 Å². The Hall–Kier alpha value is -2.90. The predicted octanol–water partition coefficient (Wildman–Crippen LogP) is 2.26. The fraction of sp³-hybridized carbons (Fsp3) is 0.444. The van der Waals surface area contributed by atoms with Gasteiger partial charge in [0, 0.05) is 18.8 Å². The van der Waals surface area contributed by atoms with E-state index in [4.69, 9.17) is 11.5 Å². The number of amidine groups is 1. The van der Waals surface area contributed by atoms with E-state index in [9.17, 15) is 4.79 Å². The highest BCUT2D eigenvalue weighted by Gasteiger charge is 2.29. The van der Waals surface area contributed by atoms with Crippen LogP contribution in [0.3, 0.4) is 0 Å². The van der Waals surface area contributed by atoms with Gasteiger partial charge in [-0.1, -0.05) is 5.10 Å². The molecular weight excluding hydrogens is 330 g/mol. The maximum Gasteiger partial charge on any atom is 0.321 e. The van der Waals surface area contributed by atoms with Crippen LogP contribution >= 0.6 is 0 Å². The van der Waals surface area contributed by atoms with Gasteiger partial charge in [0.05, 0.1) is 11.4 Å². The van der Waals surface area contributed by atoms with Gasteiger partial charge in [-0.3, -0.25) is 5.73 Å². The van der Waals surface area contributed by atoms with Crippen molar-refractivity contribution in [3.63, 3.8) is 0 Å². The molecule has 8 nitrogen and oxygen atoms in total. The number of nitrogens with two attached hydrogens (primary N) is 2. The van der Waals surface area contributed by atoms with Crippen LogP contribution in [0.25, 0.3) is 0 Å². The number of rotatable bonds is 6. The molecule has 0 atom stereocenters. The fourth-order valence-electron chi connectivity index (χ4n) is 2.85. The van der Waals surface area contributed by atoms with Crippen LogP contribution in [0.2, 0.25) is 0 Å². The Kier molecular flexibility index (Phi) is 5.97. The summed E-state index contributed by atoms with van der Waals surface area (Å²) in [6.45, 7) is 11.7. The lowest BCUT2D eigenvalue weighted by Gasteiger charge is -2.22. The Bertz CT molecular complexity index is 789. The minimum absolute atomic E-state index is 0.130. The minimum Gasteiger partial charge on any atom is -0.372 e. The first kappa shape index (κ1) is 19.4.